The van der Waals surface area contributed by atoms with Crippen LogP contribution in [0.5, 0.6) is 0 Å². The van der Waals surface area contributed by atoms with Gasteiger partial charge in [-0.25, -0.2) is 13.8 Å². The summed E-state index contributed by atoms with van der Waals surface area (Å²) in [5.74, 6) is -2.58. The standard InChI is InChI=1S/C13H19F2NOS/c1-9-16-11(8-18-9)6-12(17)5-10-3-2-4-13(14,15)7-10/h8,10,12,17H,2-7H2,1H3. The van der Waals surface area contributed by atoms with E-state index in [1.54, 1.807) is 11.3 Å². The molecule has 1 fully saturated rings. The Hall–Kier alpha value is -0.550. The first-order chi connectivity index (χ1) is 8.44. The molecule has 1 heterocycles. The van der Waals surface area contributed by atoms with Crippen molar-refractivity contribution in [3.8, 4) is 0 Å². The van der Waals surface area contributed by atoms with E-state index in [9.17, 15) is 13.9 Å². The number of aromatic nitrogens is 1. The number of thiazole rings is 1. The zero-order valence-corrected chi connectivity index (χ0v) is 11.3. The van der Waals surface area contributed by atoms with E-state index in [-0.39, 0.29) is 18.8 Å². The van der Waals surface area contributed by atoms with Gasteiger partial charge in [0.1, 0.15) is 0 Å². The monoisotopic (exact) mass is 275 g/mol. The van der Waals surface area contributed by atoms with Gasteiger partial charge in [-0.2, -0.15) is 0 Å². The molecule has 1 aromatic rings. The molecule has 0 amide bonds. The van der Waals surface area contributed by atoms with Gasteiger partial charge < -0.3 is 5.11 Å². The van der Waals surface area contributed by atoms with Gasteiger partial charge >= 0.3 is 0 Å². The lowest BCUT2D eigenvalue weighted by Gasteiger charge is -2.30. The zero-order chi connectivity index (χ0) is 13.2. The highest BCUT2D eigenvalue weighted by atomic mass is 32.1. The molecule has 2 rings (SSSR count). The number of hydrogen-bond donors (Lipinski definition) is 1. The van der Waals surface area contributed by atoms with E-state index < -0.39 is 12.0 Å². The molecule has 2 unspecified atom stereocenters. The van der Waals surface area contributed by atoms with Crippen LogP contribution in [0.3, 0.4) is 0 Å². The number of aliphatic hydroxyl groups is 1. The van der Waals surface area contributed by atoms with Crippen LogP contribution in [0, 0.1) is 12.8 Å². The minimum atomic E-state index is -2.53. The first-order valence-corrected chi connectivity index (χ1v) is 7.29. The summed E-state index contributed by atoms with van der Waals surface area (Å²) in [7, 11) is 0. The summed E-state index contributed by atoms with van der Waals surface area (Å²) in [6, 6.07) is 0. The van der Waals surface area contributed by atoms with E-state index in [0.717, 1.165) is 17.1 Å². The summed E-state index contributed by atoms with van der Waals surface area (Å²) in [4.78, 5) is 4.28. The van der Waals surface area contributed by atoms with Crippen LogP contribution in [0.1, 0.15) is 42.8 Å². The van der Waals surface area contributed by atoms with Crippen LogP contribution in [0.2, 0.25) is 0 Å². The molecule has 1 saturated carbocycles. The second kappa shape index (κ2) is 5.61. The molecule has 1 aliphatic carbocycles. The van der Waals surface area contributed by atoms with Crippen molar-refractivity contribution in [3.63, 3.8) is 0 Å². The molecule has 0 spiro atoms. The van der Waals surface area contributed by atoms with Gasteiger partial charge in [-0.3, -0.25) is 0 Å². The summed E-state index contributed by atoms with van der Waals surface area (Å²) >= 11 is 1.55. The third-order valence-electron chi connectivity index (χ3n) is 3.46. The summed E-state index contributed by atoms with van der Waals surface area (Å²) < 4.78 is 26.5. The van der Waals surface area contributed by atoms with Crippen LogP contribution in [0.4, 0.5) is 8.78 Å². The lowest BCUT2D eigenvalue weighted by Crippen LogP contribution is -2.28. The lowest BCUT2D eigenvalue weighted by molar-refractivity contribution is -0.0588. The third-order valence-corrected chi connectivity index (χ3v) is 4.28. The third kappa shape index (κ3) is 3.99. The molecule has 0 aromatic carbocycles. The number of halogens is 2. The molecule has 102 valence electrons. The number of alkyl halides is 2. The maximum absolute atomic E-state index is 13.2. The molecule has 2 atom stereocenters. The van der Waals surface area contributed by atoms with Gasteiger partial charge in [0, 0.05) is 24.6 Å². The molecule has 1 N–H and O–H groups in total. The van der Waals surface area contributed by atoms with Crippen molar-refractivity contribution >= 4 is 11.3 Å². The van der Waals surface area contributed by atoms with Gasteiger partial charge in [-0.05, 0) is 32.1 Å². The first kappa shape index (κ1) is 13.9. The molecular formula is C13H19F2NOS. The first-order valence-electron chi connectivity index (χ1n) is 6.41. The topological polar surface area (TPSA) is 33.1 Å². The number of aryl methyl sites for hydroxylation is 1. The second-order valence-corrected chi connectivity index (χ2v) is 6.33. The Bertz CT molecular complexity index is 394. The van der Waals surface area contributed by atoms with Crippen LogP contribution in [-0.2, 0) is 6.42 Å². The fraction of sp³-hybridized carbons (Fsp3) is 0.769. The Morgan fingerprint density at radius 2 is 2.39 bits per heavy atom. The molecule has 0 saturated heterocycles. The molecule has 0 bridgehead atoms. The predicted molar refractivity (Wildman–Crippen MR) is 68.1 cm³/mol. The van der Waals surface area contributed by atoms with Crippen molar-refractivity contribution in [1.82, 2.24) is 4.98 Å². The van der Waals surface area contributed by atoms with E-state index in [1.165, 1.54) is 0 Å². The summed E-state index contributed by atoms with van der Waals surface area (Å²) in [5, 5.41) is 12.9. The van der Waals surface area contributed by atoms with E-state index in [1.807, 2.05) is 12.3 Å². The molecule has 0 aliphatic heterocycles. The average molecular weight is 275 g/mol. The summed E-state index contributed by atoms with van der Waals surface area (Å²) in [6.07, 6.45) is 1.71. The Morgan fingerprint density at radius 3 is 3.00 bits per heavy atom. The van der Waals surface area contributed by atoms with Crippen LogP contribution < -0.4 is 0 Å². The van der Waals surface area contributed by atoms with E-state index in [4.69, 9.17) is 0 Å². The molecular weight excluding hydrogens is 256 g/mol. The van der Waals surface area contributed by atoms with Crippen molar-refractivity contribution < 1.29 is 13.9 Å². The van der Waals surface area contributed by atoms with Gasteiger partial charge in [-0.1, -0.05) is 0 Å². The molecule has 18 heavy (non-hydrogen) atoms. The predicted octanol–water partition coefficient (Wildman–Crippen LogP) is 3.57. The average Bonchev–Trinajstić information content (AvgIpc) is 2.62. The minimum absolute atomic E-state index is 0.00484. The van der Waals surface area contributed by atoms with Gasteiger partial charge in [0.25, 0.3) is 0 Å². The SMILES string of the molecule is Cc1nc(CC(O)CC2CCCC(F)(F)C2)cs1. The van der Waals surface area contributed by atoms with Crippen LogP contribution >= 0.6 is 11.3 Å². The van der Waals surface area contributed by atoms with Crippen molar-refractivity contribution in [2.24, 2.45) is 5.92 Å². The van der Waals surface area contributed by atoms with Crippen LogP contribution in [-0.4, -0.2) is 22.1 Å². The fourth-order valence-corrected chi connectivity index (χ4v) is 3.31. The van der Waals surface area contributed by atoms with Gasteiger partial charge in [0.2, 0.25) is 5.92 Å². The van der Waals surface area contributed by atoms with Gasteiger partial charge in [0.15, 0.2) is 0 Å². The molecule has 5 heteroatoms. The number of rotatable bonds is 4. The van der Waals surface area contributed by atoms with E-state index in [2.05, 4.69) is 4.98 Å². The number of aliphatic hydroxyl groups excluding tert-OH is 1. The Labute approximate surface area is 110 Å². The highest BCUT2D eigenvalue weighted by molar-refractivity contribution is 7.09. The highest BCUT2D eigenvalue weighted by Gasteiger charge is 2.36. The molecule has 0 radical (unpaired) electrons. The maximum atomic E-state index is 13.2. The maximum Gasteiger partial charge on any atom is 0.248 e. The van der Waals surface area contributed by atoms with E-state index >= 15 is 0 Å². The second-order valence-electron chi connectivity index (χ2n) is 5.27. The molecule has 1 aromatic heterocycles. The minimum Gasteiger partial charge on any atom is -0.393 e. The number of hydrogen-bond acceptors (Lipinski definition) is 3. The van der Waals surface area contributed by atoms with Crippen LogP contribution in [0.15, 0.2) is 5.38 Å². The summed E-state index contributed by atoms with van der Waals surface area (Å²) in [6.45, 7) is 1.92. The normalized spacial score (nSPS) is 25.0. The van der Waals surface area contributed by atoms with Crippen molar-refractivity contribution in [1.29, 1.82) is 0 Å². The smallest absolute Gasteiger partial charge is 0.248 e. The lowest BCUT2D eigenvalue weighted by atomic mass is 9.82. The molecule has 2 nitrogen and oxygen atoms in total. The van der Waals surface area contributed by atoms with E-state index in [0.29, 0.717) is 19.3 Å². The largest absolute Gasteiger partial charge is 0.393 e. The Kier molecular flexibility index (Phi) is 4.33. The van der Waals surface area contributed by atoms with Crippen molar-refractivity contribution in [2.45, 2.75) is 57.5 Å². The Morgan fingerprint density at radius 1 is 1.61 bits per heavy atom. The van der Waals surface area contributed by atoms with Gasteiger partial charge in [-0.15, -0.1) is 11.3 Å². The van der Waals surface area contributed by atoms with Crippen molar-refractivity contribution in [2.75, 3.05) is 0 Å². The van der Waals surface area contributed by atoms with Gasteiger partial charge in [0.05, 0.1) is 16.8 Å². The van der Waals surface area contributed by atoms with Crippen molar-refractivity contribution in [3.05, 3.63) is 16.1 Å². The Balaban J connectivity index is 1.82. The fourth-order valence-electron chi connectivity index (χ4n) is 2.69. The van der Waals surface area contributed by atoms with Crippen LogP contribution in [0.25, 0.3) is 0 Å². The highest BCUT2D eigenvalue weighted by Crippen LogP contribution is 2.38. The number of nitrogens with zero attached hydrogens (tertiary/aromatic N) is 1. The quantitative estimate of drug-likeness (QED) is 0.911. The molecule has 1 aliphatic rings. The summed E-state index contributed by atoms with van der Waals surface area (Å²) in [5.41, 5.74) is 0.868. The zero-order valence-electron chi connectivity index (χ0n) is 10.5.